The highest BCUT2D eigenvalue weighted by Crippen LogP contribution is 2.31. The largest absolute Gasteiger partial charge is 0.495 e. The minimum atomic E-state index is -4.04. The van der Waals surface area contributed by atoms with Gasteiger partial charge in [0.2, 0.25) is 0 Å². The minimum absolute atomic E-state index is 0.0805. The SMILES string of the molecule is CCc1cccc(CC)c1NS(=O)(=O)c1cc(S(C)(=O)=O)ccc1OC. The Morgan fingerprint density at radius 3 is 2.00 bits per heavy atom. The van der Waals surface area contributed by atoms with E-state index in [2.05, 4.69) is 4.72 Å². The molecule has 26 heavy (non-hydrogen) atoms. The van der Waals surface area contributed by atoms with E-state index >= 15 is 0 Å². The van der Waals surface area contributed by atoms with Crippen LogP contribution >= 0.6 is 0 Å². The van der Waals surface area contributed by atoms with Crippen LogP contribution in [-0.4, -0.2) is 30.2 Å². The van der Waals surface area contributed by atoms with Crippen LogP contribution in [0.15, 0.2) is 46.2 Å². The summed E-state index contributed by atoms with van der Waals surface area (Å²) >= 11 is 0. The van der Waals surface area contributed by atoms with Gasteiger partial charge in [-0.3, -0.25) is 4.72 Å². The maximum absolute atomic E-state index is 13.0. The van der Waals surface area contributed by atoms with Gasteiger partial charge in [0.1, 0.15) is 10.6 Å². The fourth-order valence-electron chi connectivity index (χ4n) is 2.66. The summed E-state index contributed by atoms with van der Waals surface area (Å²) in [6.45, 7) is 3.88. The lowest BCUT2D eigenvalue weighted by Crippen LogP contribution is -2.17. The average molecular weight is 398 g/mol. The summed E-state index contributed by atoms with van der Waals surface area (Å²) < 4.78 is 57.4. The Balaban J connectivity index is 2.62. The summed E-state index contributed by atoms with van der Waals surface area (Å²) in [6, 6.07) is 9.40. The Kier molecular flexibility index (Phi) is 5.98. The van der Waals surface area contributed by atoms with Crippen molar-refractivity contribution in [2.75, 3.05) is 18.1 Å². The van der Waals surface area contributed by atoms with Crippen LogP contribution in [0.25, 0.3) is 0 Å². The molecule has 0 aliphatic carbocycles. The molecule has 0 spiro atoms. The zero-order valence-electron chi connectivity index (χ0n) is 15.2. The van der Waals surface area contributed by atoms with Gasteiger partial charge >= 0.3 is 0 Å². The van der Waals surface area contributed by atoms with E-state index in [9.17, 15) is 16.8 Å². The van der Waals surface area contributed by atoms with Crippen molar-refractivity contribution in [3.05, 3.63) is 47.5 Å². The van der Waals surface area contributed by atoms with Crippen molar-refractivity contribution < 1.29 is 21.6 Å². The molecule has 0 saturated heterocycles. The van der Waals surface area contributed by atoms with E-state index in [1.54, 1.807) is 0 Å². The molecule has 1 N–H and O–H groups in total. The van der Waals surface area contributed by atoms with E-state index in [0.717, 1.165) is 23.4 Å². The summed E-state index contributed by atoms with van der Waals surface area (Å²) in [6.07, 6.45) is 2.35. The number of ether oxygens (including phenoxy) is 1. The van der Waals surface area contributed by atoms with Gasteiger partial charge < -0.3 is 4.74 Å². The van der Waals surface area contributed by atoms with Gasteiger partial charge in [-0.25, -0.2) is 16.8 Å². The standard InChI is InChI=1S/C18H23NO5S2/c1-5-13-8-7-9-14(6-2)18(13)19-26(22,23)17-12-15(25(4,20)21)10-11-16(17)24-3/h7-12,19H,5-6H2,1-4H3. The van der Waals surface area contributed by atoms with Gasteiger partial charge in [-0.2, -0.15) is 0 Å². The number of rotatable bonds is 7. The molecule has 0 unspecified atom stereocenters. The number of nitrogens with one attached hydrogen (secondary N) is 1. The van der Waals surface area contributed by atoms with Crippen molar-refractivity contribution in [2.45, 2.75) is 36.5 Å². The first-order valence-electron chi connectivity index (χ1n) is 8.15. The minimum Gasteiger partial charge on any atom is -0.495 e. The van der Waals surface area contributed by atoms with Crippen LogP contribution in [0.3, 0.4) is 0 Å². The van der Waals surface area contributed by atoms with Crippen molar-refractivity contribution in [1.82, 2.24) is 0 Å². The molecule has 2 rings (SSSR count). The second kappa shape index (κ2) is 7.67. The number of hydrogen-bond donors (Lipinski definition) is 1. The molecule has 0 radical (unpaired) electrons. The Morgan fingerprint density at radius 2 is 1.54 bits per heavy atom. The molecule has 142 valence electrons. The summed E-state index contributed by atoms with van der Waals surface area (Å²) in [7, 11) is -6.26. The summed E-state index contributed by atoms with van der Waals surface area (Å²) in [4.78, 5) is -0.297. The van der Waals surface area contributed by atoms with Crippen LogP contribution in [0.1, 0.15) is 25.0 Å². The number of sulfone groups is 1. The summed E-state index contributed by atoms with van der Waals surface area (Å²) in [5.74, 6) is 0.0805. The van der Waals surface area contributed by atoms with Crippen LogP contribution in [0.5, 0.6) is 5.75 Å². The smallest absolute Gasteiger partial charge is 0.265 e. The topological polar surface area (TPSA) is 89.5 Å². The molecule has 8 heteroatoms. The third-order valence-electron chi connectivity index (χ3n) is 4.09. The van der Waals surface area contributed by atoms with Gasteiger partial charge in [0.15, 0.2) is 9.84 Å². The first-order chi connectivity index (χ1) is 12.1. The van der Waals surface area contributed by atoms with Gasteiger partial charge in [-0.15, -0.1) is 0 Å². The molecule has 0 aliphatic rings. The normalized spacial score (nSPS) is 12.0. The first-order valence-corrected chi connectivity index (χ1v) is 11.5. The molecule has 0 aliphatic heterocycles. The number of benzene rings is 2. The van der Waals surface area contributed by atoms with Crippen LogP contribution in [0, 0.1) is 0 Å². The molecule has 0 atom stereocenters. The summed E-state index contributed by atoms with van der Waals surface area (Å²) in [5, 5.41) is 0. The molecule has 6 nitrogen and oxygen atoms in total. The lowest BCUT2D eigenvalue weighted by Gasteiger charge is -2.17. The number of anilines is 1. The third kappa shape index (κ3) is 4.19. The first kappa shape index (κ1) is 20.3. The number of hydrogen-bond acceptors (Lipinski definition) is 5. The van der Waals surface area contributed by atoms with Crippen molar-refractivity contribution in [3.63, 3.8) is 0 Å². The molecule has 0 amide bonds. The van der Waals surface area contributed by atoms with E-state index < -0.39 is 19.9 Å². The summed E-state index contributed by atoms with van der Waals surface area (Å²) in [5.41, 5.74) is 2.27. The third-order valence-corrected chi connectivity index (χ3v) is 6.57. The van der Waals surface area contributed by atoms with E-state index in [1.807, 2.05) is 32.0 Å². The fourth-order valence-corrected chi connectivity index (χ4v) is 4.72. The van der Waals surface area contributed by atoms with Crippen molar-refractivity contribution in [3.8, 4) is 5.75 Å². The Bertz CT molecular complexity index is 990. The zero-order valence-corrected chi connectivity index (χ0v) is 16.9. The van der Waals surface area contributed by atoms with Gasteiger partial charge in [-0.05, 0) is 42.2 Å². The highest BCUT2D eigenvalue weighted by atomic mass is 32.2. The van der Waals surface area contributed by atoms with Gasteiger partial charge in [0.05, 0.1) is 17.7 Å². The van der Waals surface area contributed by atoms with Crippen LogP contribution < -0.4 is 9.46 Å². The lowest BCUT2D eigenvalue weighted by molar-refractivity contribution is 0.402. The van der Waals surface area contributed by atoms with Crippen molar-refractivity contribution in [2.24, 2.45) is 0 Å². The zero-order chi connectivity index (χ0) is 19.5. The maximum atomic E-state index is 13.0. The molecule has 2 aromatic carbocycles. The predicted molar refractivity (Wildman–Crippen MR) is 102 cm³/mol. The molecule has 0 bridgehead atoms. The second-order valence-corrected chi connectivity index (χ2v) is 9.52. The van der Waals surface area contributed by atoms with Crippen LogP contribution in [0.2, 0.25) is 0 Å². The Hall–Kier alpha value is -2.06. The molecule has 0 aromatic heterocycles. The monoisotopic (exact) mass is 397 g/mol. The van der Waals surface area contributed by atoms with Gasteiger partial charge in [0.25, 0.3) is 10.0 Å². The van der Waals surface area contributed by atoms with E-state index in [-0.39, 0.29) is 15.5 Å². The van der Waals surface area contributed by atoms with Crippen molar-refractivity contribution in [1.29, 1.82) is 0 Å². The highest BCUT2D eigenvalue weighted by Gasteiger charge is 2.24. The van der Waals surface area contributed by atoms with Gasteiger partial charge in [0, 0.05) is 6.26 Å². The number of para-hydroxylation sites is 1. The molecule has 0 fully saturated rings. The van der Waals surface area contributed by atoms with Crippen LogP contribution in [0.4, 0.5) is 5.69 Å². The number of sulfonamides is 1. The molecular formula is C18H23NO5S2. The lowest BCUT2D eigenvalue weighted by atomic mass is 10.0. The molecular weight excluding hydrogens is 374 g/mol. The molecule has 0 saturated carbocycles. The van der Waals surface area contributed by atoms with E-state index in [1.165, 1.54) is 19.2 Å². The predicted octanol–water partition coefficient (Wildman–Crippen LogP) is 3.02. The van der Waals surface area contributed by atoms with E-state index in [0.29, 0.717) is 18.5 Å². The number of aryl methyl sites for hydroxylation is 2. The quantitative estimate of drug-likeness (QED) is 0.776. The molecule has 0 heterocycles. The fraction of sp³-hybridized carbons (Fsp3) is 0.333. The van der Waals surface area contributed by atoms with E-state index in [4.69, 9.17) is 4.74 Å². The van der Waals surface area contributed by atoms with Gasteiger partial charge in [-0.1, -0.05) is 32.0 Å². The molecule has 2 aromatic rings. The average Bonchev–Trinajstić information content (AvgIpc) is 2.60. The van der Waals surface area contributed by atoms with Crippen molar-refractivity contribution >= 4 is 25.5 Å². The second-order valence-electron chi connectivity index (χ2n) is 5.85. The van der Waals surface area contributed by atoms with Crippen LogP contribution in [-0.2, 0) is 32.7 Å². The highest BCUT2D eigenvalue weighted by molar-refractivity contribution is 7.93. The maximum Gasteiger partial charge on any atom is 0.265 e. The number of methoxy groups -OCH3 is 1. The Labute approximate surface area is 155 Å². The Morgan fingerprint density at radius 1 is 0.962 bits per heavy atom.